The number of nitrogens with zero attached hydrogens (tertiary/aromatic N) is 3. The maximum absolute atomic E-state index is 12.5. The van der Waals surface area contributed by atoms with E-state index in [9.17, 15) is 22.0 Å². The van der Waals surface area contributed by atoms with Crippen molar-refractivity contribution < 1.29 is 22.0 Å². The third kappa shape index (κ3) is 5.41. The molecule has 1 heterocycles. The molecule has 0 saturated carbocycles. The number of hydrogen-bond acceptors (Lipinski definition) is 2. The summed E-state index contributed by atoms with van der Waals surface area (Å²) in [7, 11) is 1.36. The Morgan fingerprint density at radius 2 is 2.10 bits per heavy atom. The third-order valence-corrected chi connectivity index (χ3v) is 2.30. The zero-order chi connectivity index (χ0) is 15.2. The summed E-state index contributed by atoms with van der Waals surface area (Å²) in [6.45, 7) is -3.16. The second kappa shape index (κ2) is 7.06. The van der Waals surface area contributed by atoms with Crippen LogP contribution in [0.5, 0.6) is 0 Å². The summed E-state index contributed by atoms with van der Waals surface area (Å²) in [5.74, 6) is 0.136. The van der Waals surface area contributed by atoms with Gasteiger partial charge in [-0.05, 0) is 0 Å². The first-order valence-corrected chi connectivity index (χ1v) is 5.64. The van der Waals surface area contributed by atoms with Crippen LogP contribution in [0.2, 0.25) is 0 Å². The molecule has 0 amide bonds. The Hall–Kier alpha value is -1.87. The van der Waals surface area contributed by atoms with Crippen molar-refractivity contribution in [3.8, 4) is 0 Å². The molecule has 0 fully saturated rings. The lowest BCUT2D eigenvalue weighted by Gasteiger charge is -2.13. The predicted molar refractivity (Wildman–Crippen MR) is 62.4 cm³/mol. The van der Waals surface area contributed by atoms with Crippen LogP contribution in [0.25, 0.3) is 0 Å². The molecule has 0 radical (unpaired) electrons. The Labute approximate surface area is 111 Å². The fraction of sp³-hybridized carbons (Fsp3) is 0.600. The highest BCUT2D eigenvalue weighted by Crippen LogP contribution is 2.18. The topological polar surface area (TPSA) is 54.2 Å². The lowest BCUT2D eigenvalue weighted by molar-refractivity contribution is -0.132. The molecule has 0 aliphatic heterocycles. The molecule has 5 nitrogen and oxygen atoms in total. The molecule has 0 spiro atoms. The average molecular weight is 299 g/mol. The van der Waals surface area contributed by atoms with E-state index in [1.165, 1.54) is 13.2 Å². The molecule has 0 bridgehead atoms. The van der Waals surface area contributed by atoms with E-state index in [0.717, 1.165) is 6.20 Å². The van der Waals surface area contributed by atoms with Crippen LogP contribution in [0, 0.1) is 0 Å². The van der Waals surface area contributed by atoms with Crippen LogP contribution in [-0.4, -0.2) is 35.3 Å². The van der Waals surface area contributed by atoms with Crippen LogP contribution in [0.3, 0.4) is 0 Å². The second-order valence-electron chi connectivity index (χ2n) is 3.75. The van der Waals surface area contributed by atoms with Gasteiger partial charge in [-0.15, -0.1) is 0 Å². The fourth-order valence-electron chi connectivity index (χ4n) is 1.36. The fourth-order valence-corrected chi connectivity index (χ4v) is 1.36. The molecule has 114 valence electrons. The van der Waals surface area contributed by atoms with Crippen LogP contribution < -0.4 is 10.6 Å². The largest absolute Gasteiger partial charge is 0.390 e. The average Bonchev–Trinajstić information content (AvgIpc) is 2.80. The SMILES string of the molecule is CN=C(NCCC(F)(F)F)NCc1nccn1C(F)F. The summed E-state index contributed by atoms with van der Waals surface area (Å²) < 4.78 is 61.6. The molecule has 20 heavy (non-hydrogen) atoms. The summed E-state index contributed by atoms with van der Waals surface area (Å²) in [6, 6.07) is 0. The zero-order valence-electron chi connectivity index (χ0n) is 10.6. The Morgan fingerprint density at radius 1 is 1.40 bits per heavy atom. The van der Waals surface area contributed by atoms with Gasteiger partial charge in [0.15, 0.2) is 5.96 Å². The van der Waals surface area contributed by atoms with E-state index in [0.29, 0.717) is 4.57 Å². The number of aromatic nitrogens is 2. The first-order valence-electron chi connectivity index (χ1n) is 5.64. The molecule has 0 unspecified atom stereocenters. The summed E-state index contributed by atoms with van der Waals surface area (Å²) >= 11 is 0. The van der Waals surface area contributed by atoms with Gasteiger partial charge in [-0.1, -0.05) is 0 Å². The van der Waals surface area contributed by atoms with E-state index >= 15 is 0 Å². The minimum Gasteiger partial charge on any atom is -0.356 e. The maximum Gasteiger partial charge on any atom is 0.390 e. The highest BCUT2D eigenvalue weighted by molar-refractivity contribution is 5.79. The Kier molecular flexibility index (Phi) is 5.71. The summed E-state index contributed by atoms with van der Waals surface area (Å²) in [4.78, 5) is 7.41. The van der Waals surface area contributed by atoms with E-state index in [4.69, 9.17) is 0 Å². The van der Waals surface area contributed by atoms with Crippen molar-refractivity contribution in [1.29, 1.82) is 0 Å². The van der Waals surface area contributed by atoms with Crippen LogP contribution in [0.4, 0.5) is 22.0 Å². The maximum atomic E-state index is 12.5. The highest BCUT2D eigenvalue weighted by atomic mass is 19.4. The van der Waals surface area contributed by atoms with Gasteiger partial charge in [0.25, 0.3) is 0 Å². The summed E-state index contributed by atoms with van der Waals surface area (Å²) in [6.07, 6.45) is -2.96. The van der Waals surface area contributed by atoms with Crippen molar-refractivity contribution in [2.75, 3.05) is 13.6 Å². The van der Waals surface area contributed by atoms with Crippen molar-refractivity contribution in [3.05, 3.63) is 18.2 Å². The highest BCUT2D eigenvalue weighted by Gasteiger charge is 2.26. The molecule has 10 heteroatoms. The molecule has 0 atom stereocenters. The van der Waals surface area contributed by atoms with Crippen LogP contribution in [-0.2, 0) is 6.54 Å². The van der Waals surface area contributed by atoms with Gasteiger partial charge in [0, 0.05) is 26.0 Å². The molecule has 0 aliphatic rings. The quantitative estimate of drug-likeness (QED) is 0.496. The molecule has 1 aromatic heterocycles. The molecule has 2 N–H and O–H groups in total. The molecule has 0 saturated heterocycles. The van der Waals surface area contributed by atoms with Gasteiger partial charge in [0.05, 0.1) is 13.0 Å². The van der Waals surface area contributed by atoms with E-state index in [2.05, 4.69) is 20.6 Å². The van der Waals surface area contributed by atoms with Gasteiger partial charge < -0.3 is 10.6 Å². The van der Waals surface area contributed by atoms with Gasteiger partial charge in [0.2, 0.25) is 0 Å². The predicted octanol–water partition coefficient (Wildman–Crippen LogP) is 1.90. The lowest BCUT2D eigenvalue weighted by Crippen LogP contribution is -2.39. The Morgan fingerprint density at radius 3 is 2.65 bits per heavy atom. The van der Waals surface area contributed by atoms with Crippen molar-refractivity contribution in [2.24, 2.45) is 4.99 Å². The number of guanidine groups is 1. The molecule has 1 aromatic rings. The minimum atomic E-state index is -4.27. The number of aliphatic imine (C=N–C) groups is 1. The molecule has 0 aromatic carbocycles. The lowest BCUT2D eigenvalue weighted by atomic mass is 10.4. The van der Waals surface area contributed by atoms with Crippen LogP contribution in [0.15, 0.2) is 17.4 Å². The number of alkyl halides is 5. The zero-order valence-corrected chi connectivity index (χ0v) is 10.6. The minimum absolute atomic E-state index is 0.0544. The molecule has 0 aliphatic carbocycles. The third-order valence-electron chi connectivity index (χ3n) is 2.30. The summed E-state index contributed by atoms with van der Waals surface area (Å²) in [5.41, 5.74) is 0. The van der Waals surface area contributed by atoms with E-state index in [-0.39, 0.29) is 24.9 Å². The van der Waals surface area contributed by atoms with Gasteiger partial charge >= 0.3 is 12.7 Å². The van der Waals surface area contributed by atoms with Crippen molar-refractivity contribution in [3.63, 3.8) is 0 Å². The molecule has 1 rings (SSSR count). The van der Waals surface area contributed by atoms with Crippen molar-refractivity contribution in [1.82, 2.24) is 20.2 Å². The van der Waals surface area contributed by atoms with Gasteiger partial charge in [-0.3, -0.25) is 9.56 Å². The standard InChI is InChI=1S/C10H14F5N5/c1-16-9(18-3-2-10(13,14)15)19-6-7-17-4-5-20(7)8(11)12/h4-5,8H,2-3,6H2,1H3,(H2,16,18,19). The molecular formula is C10H14F5N5. The number of hydrogen-bond donors (Lipinski definition) is 2. The van der Waals surface area contributed by atoms with Crippen LogP contribution >= 0.6 is 0 Å². The Balaban J connectivity index is 2.44. The van der Waals surface area contributed by atoms with E-state index in [1.54, 1.807) is 0 Å². The first-order chi connectivity index (χ1) is 9.33. The van der Waals surface area contributed by atoms with Crippen molar-refractivity contribution >= 4 is 5.96 Å². The first kappa shape index (κ1) is 16.2. The second-order valence-corrected chi connectivity index (χ2v) is 3.75. The molecular weight excluding hydrogens is 285 g/mol. The van der Waals surface area contributed by atoms with Crippen molar-refractivity contribution in [2.45, 2.75) is 25.7 Å². The Bertz CT molecular complexity index is 439. The van der Waals surface area contributed by atoms with E-state index in [1.807, 2.05) is 0 Å². The number of imidazole rings is 1. The summed E-state index contributed by atoms with van der Waals surface area (Å²) in [5, 5.41) is 5.04. The number of nitrogens with one attached hydrogen (secondary N) is 2. The smallest absolute Gasteiger partial charge is 0.356 e. The van der Waals surface area contributed by atoms with Crippen LogP contribution in [0.1, 0.15) is 18.8 Å². The normalized spacial score (nSPS) is 12.8. The number of rotatable bonds is 5. The van der Waals surface area contributed by atoms with E-state index < -0.39 is 19.1 Å². The van der Waals surface area contributed by atoms with Gasteiger partial charge in [-0.2, -0.15) is 22.0 Å². The monoisotopic (exact) mass is 299 g/mol. The number of halogens is 5. The van der Waals surface area contributed by atoms with Gasteiger partial charge in [-0.25, -0.2) is 4.98 Å². The van der Waals surface area contributed by atoms with Gasteiger partial charge in [0.1, 0.15) is 5.82 Å².